The van der Waals surface area contributed by atoms with Crippen molar-refractivity contribution in [1.29, 1.82) is 0 Å². The number of anilines is 2. The van der Waals surface area contributed by atoms with Gasteiger partial charge in [0.25, 0.3) is 0 Å². The summed E-state index contributed by atoms with van der Waals surface area (Å²) in [6, 6.07) is 3.20. The lowest BCUT2D eigenvalue weighted by Crippen LogP contribution is -2.49. The molecule has 16 heavy (non-hydrogen) atoms. The van der Waals surface area contributed by atoms with Crippen molar-refractivity contribution in [2.45, 2.75) is 13.2 Å². The summed E-state index contributed by atoms with van der Waals surface area (Å²) in [4.78, 5) is 2.11. The number of hydrogen-bond donors (Lipinski definition) is 2. The molecular formula is C11H14FN3O. The Bertz CT molecular complexity index is 424. The van der Waals surface area contributed by atoms with Crippen LogP contribution in [0.2, 0.25) is 0 Å². The standard InChI is InChI=1S/C11H14FN3O/c1-2-13-11-14-8-4-3-7(12)10-9(8)15(11)5-6-16-10/h3-4,11,13-14H,2,5-6H2,1H3. The van der Waals surface area contributed by atoms with Gasteiger partial charge in [0.2, 0.25) is 0 Å². The van der Waals surface area contributed by atoms with Gasteiger partial charge in [0.15, 0.2) is 17.9 Å². The molecule has 0 amide bonds. The molecule has 0 radical (unpaired) electrons. The summed E-state index contributed by atoms with van der Waals surface area (Å²) >= 11 is 0. The number of benzene rings is 1. The van der Waals surface area contributed by atoms with Crippen LogP contribution >= 0.6 is 0 Å². The number of hydrogen-bond acceptors (Lipinski definition) is 4. The van der Waals surface area contributed by atoms with E-state index < -0.39 is 0 Å². The van der Waals surface area contributed by atoms with E-state index in [2.05, 4.69) is 15.5 Å². The van der Waals surface area contributed by atoms with E-state index in [0.717, 1.165) is 24.5 Å². The first-order chi connectivity index (χ1) is 7.81. The third kappa shape index (κ3) is 1.24. The van der Waals surface area contributed by atoms with Gasteiger partial charge in [-0.1, -0.05) is 6.92 Å². The summed E-state index contributed by atoms with van der Waals surface area (Å²) in [5.74, 6) is 0.0825. The second kappa shape index (κ2) is 3.52. The molecule has 3 rings (SSSR count). The first-order valence-electron chi connectivity index (χ1n) is 5.53. The number of rotatable bonds is 2. The highest BCUT2D eigenvalue weighted by Gasteiger charge is 2.35. The van der Waals surface area contributed by atoms with Crippen LogP contribution in [0.1, 0.15) is 6.92 Å². The maximum absolute atomic E-state index is 13.6. The molecule has 0 bridgehead atoms. The van der Waals surface area contributed by atoms with E-state index in [0.29, 0.717) is 12.4 Å². The molecule has 2 aliphatic rings. The topological polar surface area (TPSA) is 36.5 Å². The largest absolute Gasteiger partial charge is 0.486 e. The monoisotopic (exact) mass is 223 g/mol. The quantitative estimate of drug-likeness (QED) is 0.793. The lowest BCUT2D eigenvalue weighted by molar-refractivity contribution is 0.287. The van der Waals surface area contributed by atoms with E-state index in [4.69, 9.17) is 4.74 Å². The van der Waals surface area contributed by atoms with E-state index >= 15 is 0 Å². The van der Waals surface area contributed by atoms with Crippen molar-refractivity contribution in [2.75, 3.05) is 29.9 Å². The molecule has 2 aliphatic heterocycles. The lowest BCUT2D eigenvalue weighted by Gasteiger charge is -2.31. The smallest absolute Gasteiger partial charge is 0.180 e. The average molecular weight is 223 g/mol. The van der Waals surface area contributed by atoms with Crippen molar-refractivity contribution in [3.05, 3.63) is 17.9 Å². The summed E-state index contributed by atoms with van der Waals surface area (Å²) in [5.41, 5.74) is 1.78. The van der Waals surface area contributed by atoms with Crippen molar-refractivity contribution in [3.63, 3.8) is 0 Å². The van der Waals surface area contributed by atoms with E-state index in [1.54, 1.807) is 6.07 Å². The van der Waals surface area contributed by atoms with Crippen LogP contribution in [0.5, 0.6) is 5.75 Å². The van der Waals surface area contributed by atoms with Gasteiger partial charge in [0, 0.05) is 0 Å². The molecule has 0 saturated carbocycles. The van der Waals surface area contributed by atoms with Crippen molar-refractivity contribution in [2.24, 2.45) is 0 Å². The summed E-state index contributed by atoms with van der Waals surface area (Å²) in [6.45, 7) is 4.21. The molecule has 0 spiro atoms. The molecule has 4 nitrogen and oxygen atoms in total. The van der Waals surface area contributed by atoms with Gasteiger partial charge in [-0.05, 0) is 18.7 Å². The van der Waals surface area contributed by atoms with E-state index in [-0.39, 0.29) is 12.1 Å². The highest BCUT2D eigenvalue weighted by molar-refractivity contribution is 5.82. The van der Waals surface area contributed by atoms with Crippen LogP contribution in [-0.2, 0) is 0 Å². The maximum atomic E-state index is 13.6. The molecular weight excluding hydrogens is 209 g/mol. The van der Waals surface area contributed by atoms with Gasteiger partial charge in [0.1, 0.15) is 12.3 Å². The molecule has 0 aromatic heterocycles. The van der Waals surface area contributed by atoms with Gasteiger partial charge in [-0.2, -0.15) is 0 Å². The van der Waals surface area contributed by atoms with Gasteiger partial charge in [-0.25, -0.2) is 4.39 Å². The molecule has 5 heteroatoms. The number of ether oxygens (including phenoxy) is 1. The highest BCUT2D eigenvalue weighted by atomic mass is 19.1. The van der Waals surface area contributed by atoms with E-state index in [1.807, 2.05) is 6.92 Å². The average Bonchev–Trinajstić information content (AvgIpc) is 2.65. The second-order valence-corrected chi connectivity index (χ2v) is 3.92. The summed E-state index contributed by atoms with van der Waals surface area (Å²) in [7, 11) is 0. The summed E-state index contributed by atoms with van der Waals surface area (Å²) < 4.78 is 19.0. The fourth-order valence-electron chi connectivity index (χ4n) is 2.28. The van der Waals surface area contributed by atoms with E-state index in [1.165, 1.54) is 6.07 Å². The Hall–Kier alpha value is -1.49. The summed E-state index contributed by atoms with van der Waals surface area (Å²) in [5, 5.41) is 6.62. The first kappa shape index (κ1) is 9.72. The van der Waals surface area contributed by atoms with Gasteiger partial charge in [0.05, 0.1) is 12.2 Å². The van der Waals surface area contributed by atoms with Crippen LogP contribution in [0.4, 0.5) is 15.8 Å². The molecule has 0 saturated heterocycles. The first-order valence-corrected chi connectivity index (χ1v) is 5.53. The van der Waals surface area contributed by atoms with Crippen LogP contribution in [-0.4, -0.2) is 26.0 Å². The normalized spacial score (nSPS) is 21.4. The molecule has 0 fully saturated rings. The fraction of sp³-hybridized carbons (Fsp3) is 0.455. The van der Waals surface area contributed by atoms with Crippen LogP contribution in [0.25, 0.3) is 0 Å². The van der Waals surface area contributed by atoms with Crippen molar-refractivity contribution < 1.29 is 9.13 Å². The Morgan fingerprint density at radius 3 is 3.31 bits per heavy atom. The molecule has 86 valence electrons. The predicted molar refractivity (Wildman–Crippen MR) is 60.3 cm³/mol. The Labute approximate surface area is 93.4 Å². The zero-order chi connectivity index (χ0) is 11.1. The predicted octanol–water partition coefficient (Wildman–Crippen LogP) is 1.34. The SMILES string of the molecule is CCNC1Nc2ccc(F)c3c2N1CCO3. The Morgan fingerprint density at radius 1 is 1.62 bits per heavy atom. The molecule has 1 atom stereocenters. The third-order valence-corrected chi connectivity index (χ3v) is 2.95. The van der Waals surface area contributed by atoms with Gasteiger partial charge < -0.3 is 15.0 Å². The van der Waals surface area contributed by atoms with E-state index in [9.17, 15) is 4.39 Å². The second-order valence-electron chi connectivity index (χ2n) is 3.92. The van der Waals surface area contributed by atoms with Crippen LogP contribution in [0.15, 0.2) is 12.1 Å². The van der Waals surface area contributed by atoms with Crippen LogP contribution in [0, 0.1) is 5.82 Å². The van der Waals surface area contributed by atoms with Crippen molar-refractivity contribution in [3.8, 4) is 5.75 Å². The number of nitrogens with zero attached hydrogens (tertiary/aromatic N) is 1. The molecule has 1 unspecified atom stereocenters. The molecule has 2 N–H and O–H groups in total. The fourth-order valence-corrected chi connectivity index (χ4v) is 2.28. The van der Waals surface area contributed by atoms with Crippen LogP contribution in [0.3, 0.4) is 0 Å². The minimum absolute atomic E-state index is 0.0458. The summed E-state index contributed by atoms with van der Waals surface area (Å²) in [6.07, 6.45) is 0.0458. The zero-order valence-electron chi connectivity index (χ0n) is 9.09. The Morgan fingerprint density at radius 2 is 2.50 bits per heavy atom. The number of halogens is 1. The van der Waals surface area contributed by atoms with Gasteiger partial charge in [-0.3, -0.25) is 5.32 Å². The minimum atomic E-state index is -0.289. The van der Waals surface area contributed by atoms with Gasteiger partial charge >= 0.3 is 0 Å². The van der Waals surface area contributed by atoms with Gasteiger partial charge in [-0.15, -0.1) is 0 Å². The molecule has 1 aromatic rings. The van der Waals surface area contributed by atoms with Crippen LogP contribution < -0.4 is 20.3 Å². The van der Waals surface area contributed by atoms with Crippen molar-refractivity contribution >= 4 is 11.4 Å². The number of nitrogens with one attached hydrogen (secondary N) is 2. The Balaban J connectivity index is 2.05. The third-order valence-electron chi connectivity index (χ3n) is 2.95. The molecule has 1 aromatic carbocycles. The molecule has 0 aliphatic carbocycles. The zero-order valence-corrected chi connectivity index (χ0v) is 9.09. The molecule has 2 heterocycles. The minimum Gasteiger partial charge on any atom is -0.486 e. The Kier molecular flexibility index (Phi) is 2.14. The highest BCUT2D eigenvalue weighted by Crippen LogP contribution is 2.44. The lowest BCUT2D eigenvalue weighted by atomic mass is 10.2. The van der Waals surface area contributed by atoms with Crippen molar-refractivity contribution in [1.82, 2.24) is 5.32 Å². The maximum Gasteiger partial charge on any atom is 0.180 e.